The lowest BCUT2D eigenvalue weighted by Gasteiger charge is -2.07. The van der Waals surface area contributed by atoms with Crippen LogP contribution in [-0.4, -0.2) is 15.9 Å². The zero-order valence-corrected chi connectivity index (χ0v) is 13.3. The molecule has 0 fully saturated rings. The van der Waals surface area contributed by atoms with Crippen molar-refractivity contribution < 1.29 is 13.6 Å². The SMILES string of the molecule is Cc1cccc(Nc2cnc(C(=O)Nc3ccc(F)c(F)c3)cn2)c1. The summed E-state index contributed by atoms with van der Waals surface area (Å²) in [6.07, 6.45) is 2.72. The van der Waals surface area contributed by atoms with E-state index in [1.165, 1.54) is 18.5 Å². The van der Waals surface area contributed by atoms with Crippen molar-refractivity contribution in [3.8, 4) is 0 Å². The molecule has 0 radical (unpaired) electrons. The van der Waals surface area contributed by atoms with E-state index in [1.807, 2.05) is 31.2 Å². The van der Waals surface area contributed by atoms with Crippen LogP contribution in [0.4, 0.5) is 26.0 Å². The van der Waals surface area contributed by atoms with Gasteiger partial charge in [0.1, 0.15) is 11.5 Å². The Hall–Kier alpha value is -3.35. The third kappa shape index (κ3) is 4.14. The summed E-state index contributed by atoms with van der Waals surface area (Å²) in [7, 11) is 0. The number of halogens is 2. The van der Waals surface area contributed by atoms with Crippen LogP contribution >= 0.6 is 0 Å². The Morgan fingerprint density at radius 3 is 2.48 bits per heavy atom. The Balaban J connectivity index is 1.68. The molecule has 0 aliphatic heterocycles. The number of hydrogen-bond donors (Lipinski definition) is 2. The largest absolute Gasteiger partial charge is 0.339 e. The van der Waals surface area contributed by atoms with Crippen LogP contribution in [0, 0.1) is 18.6 Å². The average molecular weight is 340 g/mol. The Labute approximate surface area is 142 Å². The highest BCUT2D eigenvalue weighted by Gasteiger charge is 2.10. The van der Waals surface area contributed by atoms with E-state index in [9.17, 15) is 13.6 Å². The predicted octanol–water partition coefficient (Wildman–Crippen LogP) is 4.06. The van der Waals surface area contributed by atoms with Gasteiger partial charge >= 0.3 is 0 Å². The normalized spacial score (nSPS) is 10.4. The van der Waals surface area contributed by atoms with E-state index >= 15 is 0 Å². The first-order chi connectivity index (χ1) is 12.0. The molecule has 0 aliphatic rings. The second-order valence-corrected chi connectivity index (χ2v) is 5.36. The van der Waals surface area contributed by atoms with Crippen molar-refractivity contribution in [2.24, 2.45) is 0 Å². The molecule has 0 saturated heterocycles. The fourth-order valence-corrected chi connectivity index (χ4v) is 2.15. The molecule has 1 amide bonds. The van der Waals surface area contributed by atoms with Crippen LogP contribution in [-0.2, 0) is 0 Å². The van der Waals surface area contributed by atoms with Crippen LogP contribution in [0.2, 0.25) is 0 Å². The summed E-state index contributed by atoms with van der Waals surface area (Å²) in [5.41, 5.74) is 2.14. The molecule has 126 valence electrons. The van der Waals surface area contributed by atoms with E-state index in [-0.39, 0.29) is 11.4 Å². The van der Waals surface area contributed by atoms with Crippen LogP contribution in [0.5, 0.6) is 0 Å². The number of carbonyl (C=O) groups excluding carboxylic acids is 1. The van der Waals surface area contributed by atoms with E-state index in [2.05, 4.69) is 20.6 Å². The van der Waals surface area contributed by atoms with Crippen molar-refractivity contribution in [2.45, 2.75) is 6.92 Å². The van der Waals surface area contributed by atoms with Gasteiger partial charge in [-0.05, 0) is 36.8 Å². The van der Waals surface area contributed by atoms with Crippen molar-refractivity contribution in [1.29, 1.82) is 0 Å². The molecule has 2 aromatic carbocycles. The summed E-state index contributed by atoms with van der Waals surface area (Å²) in [5.74, 6) is -2.11. The average Bonchev–Trinajstić information content (AvgIpc) is 2.59. The van der Waals surface area contributed by atoms with Crippen LogP contribution < -0.4 is 10.6 Å². The Morgan fingerprint density at radius 1 is 0.960 bits per heavy atom. The number of rotatable bonds is 4. The van der Waals surface area contributed by atoms with Crippen LogP contribution in [0.3, 0.4) is 0 Å². The number of amides is 1. The molecule has 0 unspecified atom stereocenters. The zero-order valence-electron chi connectivity index (χ0n) is 13.3. The van der Waals surface area contributed by atoms with Gasteiger partial charge in [-0.25, -0.2) is 18.7 Å². The second kappa shape index (κ2) is 7.04. The molecule has 0 aliphatic carbocycles. The molecule has 2 N–H and O–H groups in total. The van der Waals surface area contributed by atoms with Gasteiger partial charge in [-0.15, -0.1) is 0 Å². The summed E-state index contributed by atoms with van der Waals surface area (Å²) in [5, 5.41) is 5.51. The first-order valence-corrected chi connectivity index (χ1v) is 7.43. The highest BCUT2D eigenvalue weighted by atomic mass is 19.2. The van der Waals surface area contributed by atoms with Crippen LogP contribution in [0.1, 0.15) is 16.1 Å². The maximum absolute atomic E-state index is 13.2. The van der Waals surface area contributed by atoms with E-state index < -0.39 is 17.5 Å². The first kappa shape index (κ1) is 16.5. The third-order valence-corrected chi connectivity index (χ3v) is 3.35. The fraction of sp³-hybridized carbons (Fsp3) is 0.0556. The van der Waals surface area contributed by atoms with Gasteiger partial charge < -0.3 is 10.6 Å². The number of benzene rings is 2. The number of nitrogens with one attached hydrogen (secondary N) is 2. The molecular weight excluding hydrogens is 326 g/mol. The number of aromatic nitrogens is 2. The maximum Gasteiger partial charge on any atom is 0.275 e. The van der Waals surface area contributed by atoms with Gasteiger partial charge in [0, 0.05) is 17.4 Å². The number of anilines is 3. The molecule has 1 heterocycles. The minimum absolute atomic E-state index is 0.0551. The number of carbonyl (C=O) groups is 1. The lowest BCUT2D eigenvalue weighted by molar-refractivity contribution is 0.102. The molecule has 3 aromatic rings. The van der Waals surface area contributed by atoms with E-state index in [4.69, 9.17) is 0 Å². The minimum Gasteiger partial charge on any atom is -0.339 e. The summed E-state index contributed by atoms with van der Waals surface area (Å²) in [6, 6.07) is 10.8. The van der Waals surface area contributed by atoms with Gasteiger partial charge in [-0.3, -0.25) is 4.79 Å². The molecule has 7 heteroatoms. The smallest absolute Gasteiger partial charge is 0.275 e. The molecular formula is C18H14F2N4O. The van der Waals surface area contributed by atoms with E-state index in [0.29, 0.717) is 5.82 Å². The second-order valence-electron chi connectivity index (χ2n) is 5.36. The van der Waals surface area contributed by atoms with Crippen molar-refractivity contribution in [1.82, 2.24) is 9.97 Å². The Bertz CT molecular complexity index is 913. The lowest BCUT2D eigenvalue weighted by Crippen LogP contribution is -2.14. The molecule has 3 rings (SSSR count). The molecule has 25 heavy (non-hydrogen) atoms. The number of hydrogen-bond acceptors (Lipinski definition) is 4. The van der Waals surface area contributed by atoms with Gasteiger partial charge in [0.05, 0.1) is 12.4 Å². The monoisotopic (exact) mass is 340 g/mol. The van der Waals surface area contributed by atoms with E-state index in [0.717, 1.165) is 23.4 Å². The predicted molar refractivity (Wildman–Crippen MR) is 90.8 cm³/mol. The van der Waals surface area contributed by atoms with Crippen LogP contribution in [0.15, 0.2) is 54.9 Å². The quantitative estimate of drug-likeness (QED) is 0.752. The molecule has 0 spiro atoms. The first-order valence-electron chi connectivity index (χ1n) is 7.43. The van der Waals surface area contributed by atoms with Crippen molar-refractivity contribution in [3.63, 3.8) is 0 Å². The molecule has 0 saturated carbocycles. The Kier molecular flexibility index (Phi) is 4.65. The van der Waals surface area contributed by atoms with Gasteiger partial charge in [0.25, 0.3) is 5.91 Å². The van der Waals surface area contributed by atoms with Gasteiger partial charge in [0.2, 0.25) is 0 Å². The summed E-state index contributed by atoms with van der Waals surface area (Å²) in [4.78, 5) is 20.2. The molecule has 0 bridgehead atoms. The number of aryl methyl sites for hydroxylation is 1. The highest BCUT2D eigenvalue weighted by molar-refractivity contribution is 6.02. The summed E-state index contributed by atoms with van der Waals surface area (Å²) >= 11 is 0. The maximum atomic E-state index is 13.2. The molecule has 5 nitrogen and oxygen atoms in total. The van der Waals surface area contributed by atoms with Gasteiger partial charge in [0.15, 0.2) is 11.6 Å². The van der Waals surface area contributed by atoms with Gasteiger partial charge in [-0.2, -0.15) is 0 Å². The van der Waals surface area contributed by atoms with Crippen molar-refractivity contribution in [3.05, 3.63) is 77.8 Å². The third-order valence-electron chi connectivity index (χ3n) is 3.35. The summed E-state index contributed by atoms with van der Waals surface area (Å²) in [6.45, 7) is 1.97. The fourth-order valence-electron chi connectivity index (χ4n) is 2.15. The molecule has 0 atom stereocenters. The summed E-state index contributed by atoms with van der Waals surface area (Å²) < 4.78 is 26.0. The zero-order chi connectivity index (χ0) is 17.8. The van der Waals surface area contributed by atoms with Crippen molar-refractivity contribution >= 4 is 23.1 Å². The number of nitrogens with zero attached hydrogens (tertiary/aromatic N) is 2. The topological polar surface area (TPSA) is 66.9 Å². The molecule has 1 aromatic heterocycles. The Morgan fingerprint density at radius 2 is 1.80 bits per heavy atom. The lowest BCUT2D eigenvalue weighted by atomic mass is 10.2. The van der Waals surface area contributed by atoms with E-state index in [1.54, 1.807) is 0 Å². The minimum atomic E-state index is -1.04. The van der Waals surface area contributed by atoms with Gasteiger partial charge in [-0.1, -0.05) is 12.1 Å². The van der Waals surface area contributed by atoms with Crippen LogP contribution in [0.25, 0.3) is 0 Å². The van der Waals surface area contributed by atoms with Crippen molar-refractivity contribution in [2.75, 3.05) is 10.6 Å². The highest BCUT2D eigenvalue weighted by Crippen LogP contribution is 2.16. The standard InChI is InChI=1S/C18H14F2N4O/c1-11-3-2-4-12(7-11)23-17-10-21-16(9-22-17)18(25)24-13-5-6-14(19)15(20)8-13/h2-10H,1H3,(H,22,23)(H,24,25).